The Balaban J connectivity index is 0.000000157. The Morgan fingerprint density at radius 2 is 1.67 bits per heavy atom. The standard InChI is InChI=1S/C11H7ClFNO3.C11H7ClN2O2/c1-5-8(11(15)16)10(17-14-5)9-6(12)3-2-4-7(9)13;1-5-8-10(16-14-5)9-6(12)3-2-4-7(9)13-11(8)15/h2-4H,1H3,(H,15,16);2-4H,1H3,(H,13,15)/p-1. The molecule has 0 aliphatic rings. The minimum Gasteiger partial charge on any atom is -0.858 e. The third-order valence-corrected chi connectivity index (χ3v) is 5.41. The van der Waals surface area contributed by atoms with Gasteiger partial charge in [0.15, 0.2) is 11.3 Å². The molecule has 5 aromatic rings. The van der Waals surface area contributed by atoms with E-state index in [-0.39, 0.29) is 33.5 Å². The third-order valence-electron chi connectivity index (χ3n) is 4.78. The summed E-state index contributed by atoms with van der Waals surface area (Å²) in [6.07, 6.45) is 0. The topological polar surface area (TPSA) is 125 Å². The van der Waals surface area contributed by atoms with Gasteiger partial charge in [-0.2, -0.15) is 0 Å². The van der Waals surface area contributed by atoms with Gasteiger partial charge in [-0.1, -0.05) is 45.6 Å². The van der Waals surface area contributed by atoms with Crippen molar-refractivity contribution in [2.24, 2.45) is 0 Å². The lowest BCUT2D eigenvalue weighted by atomic mass is 10.1. The lowest BCUT2D eigenvalue weighted by Gasteiger charge is -2.08. The van der Waals surface area contributed by atoms with Gasteiger partial charge in [-0.3, -0.25) is 4.98 Å². The van der Waals surface area contributed by atoms with Crippen LogP contribution in [0.5, 0.6) is 5.88 Å². The van der Waals surface area contributed by atoms with Gasteiger partial charge in [-0.25, -0.2) is 9.18 Å². The molecule has 0 aliphatic heterocycles. The van der Waals surface area contributed by atoms with E-state index >= 15 is 0 Å². The summed E-state index contributed by atoms with van der Waals surface area (Å²) in [7, 11) is 0. The molecule has 0 radical (unpaired) electrons. The van der Waals surface area contributed by atoms with Crippen LogP contribution in [-0.2, 0) is 0 Å². The minimum absolute atomic E-state index is 0.0728. The number of hydrogen-bond donors (Lipinski definition) is 1. The third kappa shape index (κ3) is 3.96. The number of carbonyl (C=O) groups is 1. The van der Waals surface area contributed by atoms with Crippen molar-refractivity contribution < 1.29 is 28.4 Å². The fourth-order valence-electron chi connectivity index (χ4n) is 3.30. The summed E-state index contributed by atoms with van der Waals surface area (Å²) >= 11 is 11.9. The predicted molar refractivity (Wildman–Crippen MR) is 117 cm³/mol. The van der Waals surface area contributed by atoms with E-state index in [1.54, 1.807) is 25.1 Å². The molecule has 0 fully saturated rings. The zero-order valence-corrected chi connectivity index (χ0v) is 18.5. The van der Waals surface area contributed by atoms with Crippen molar-refractivity contribution in [1.29, 1.82) is 0 Å². The number of nitrogens with zero attached hydrogens (tertiary/aromatic N) is 3. The zero-order valence-electron chi connectivity index (χ0n) is 17.0. The van der Waals surface area contributed by atoms with Crippen LogP contribution in [0.1, 0.15) is 21.7 Å². The van der Waals surface area contributed by atoms with Crippen molar-refractivity contribution in [3.8, 4) is 17.2 Å². The Kier molecular flexibility index (Phi) is 5.92. The van der Waals surface area contributed by atoms with Gasteiger partial charge in [-0.15, -0.1) is 0 Å². The number of carboxylic acid groups (broad SMARTS) is 1. The Labute approximate surface area is 195 Å². The van der Waals surface area contributed by atoms with Crippen molar-refractivity contribution in [3.63, 3.8) is 0 Å². The lowest BCUT2D eigenvalue weighted by Crippen LogP contribution is -2.00. The number of fused-ring (bicyclic) bond motifs is 3. The van der Waals surface area contributed by atoms with E-state index in [2.05, 4.69) is 15.3 Å². The lowest BCUT2D eigenvalue weighted by molar-refractivity contribution is -0.272. The molecule has 11 heteroatoms. The van der Waals surface area contributed by atoms with Crippen LogP contribution in [-0.4, -0.2) is 26.4 Å². The molecule has 33 heavy (non-hydrogen) atoms. The van der Waals surface area contributed by atoms with Gasteiger partial charge in [0, 0.05) is 5.88 Å². The Morgan fingerprint density at radius 3 is 2.36 bits per heavy atom. The minimum atomic E-state index is -1.24. The summed E-state index contributed by atoms with van der Waals surface area (Å²) in [6.45, 7) is 3.17. The first-order valence-corrected chi connectivity index (χ1v) is 10.1. The number of aromatic nitrogens is 3. The number of aromatic carboxylic acids is 1. The largest absolute Gasteiger partial charge is 0.858 e. The van der Waals surface area contributed by atoms with Gasteiger partial charge in [0.1, 0.15) is 11.4 Å². The number of aryl methyl sites for hydroxylation is 2. The molecule has 3 aromatic heterocycles. The molecule has 0 saturated heterocycles. The van der Waals surface area contributed by atoms with E-state index in [0.717, 1.165) is 0 Å². The van der Waals surface area contributed by atoms with E-state index in [1.807, 2.05) is 0 Å². The van der Waals surface area contributed by atoms with Crippen molar-refractivity contribution in [3.05, 3.63) is 69.2 Å². The van der Waals surface area contributed by atoms with Gasteiger partial charge >= 0.3 is 5.97 Å². The average molecular weight is 489 g/mol. The molecule has 5 rings (SSSR count). The normalized spacial score (nSPS) is 10.9. The Bertz CT molecular complexity index is 1510. The molecule has 3 heterocycles. The van der Waals surface area contributed by atoms with Crippen LogP contribution in [0.4, 0.5) is 4.39 Å². The summed E-state index contributed by atoms with van der Waals surface area (Å²) in [6, 6.07) is 9.23. The number of halogens is 3. The monoisotopic (exact) mass is 488 g/mol. The molecule has 168 valence electrons. The van der Waals surface area contributed by atoms with E-state index in [1.165, 1.54) is 25.1 Å². The summed E-state index contributed by atoms with van der Waals surface area (Å²) in [5.74, 6) is -2.39. The highest BCUT2D eigenvalue weighted by Gasteiger charge is 2.25. The van der Waals surface area contributed by atoms with E-state index < -0.39 is 11.8 Å². The smallest absolute Gasteiger partial charge is 0.341 e. The zero-order chi connectivity index (χ0) is 23.9. The van der Waals surface area contributed by atoms with Crippen LogP contribution >= 0.6 is 23.2 Å². The van der Waals surface area contributed by atoms with Gasteiger partial charge in [0.2, 0.25) is 0 Å². The molecule has 2 aromatic carbocycles. The second-order valence-electron chi connectivity index (χ2n) is 6.90. The maximum absolute atomic E-state index is 13.6. The molecular weight excluding hydrogens is 476 g/mol. The summed E-state index contributed by atoms with van der Waals surface area (Å²) in [5.41, 5.74) is 1.38. The molecule has 0 saturated carbocycles. The van der Waals surface area contributed by atoms with Gasteiger partial charge in [0.25, 0.3) is 0 Å². The molecule has 0 amide bonds. The SMILES string of the molecule is Cc1noc(-c2c(F)cccc2Cl)c1C(=O)O.Cc1noc2c1c([O-])nc1cccc(Cl)c12. The first-order valence-electron chi connectivity index (χ1n) is 9.35. The van der Waals surface area contributed by atoms with Gasteiger partial charge < -0.3 is 19.3 Å². The fourth-order valence-corrected chi connectivity index (χ4v) is 3.80. The van der Waals surface area contributed by atoms with Crippen LogP contribution in [0, 0.1) is 19.7 Å². The van der Waals surface area contributed by atoms with E-state index in [4.69, 9.17) is 37.4 Å². The van der Waals surface area contributed by atoms with Crippen LogP contribution in [0.3, 0.4) is 0 Å². The highest BCUT2D eigenvalue weighted by molar-refractivity contribution is 6.37. The summed E-state index contributed by atoms with van der Waals surface area (Å²) in [5, 5.41) is 29.7. The van der Waals surface area contributed by atoms with Crippen LogP contribution < -0.4 is 5.11 Å². The van der Waals surface area contributed by atoms with E-state index in [9.17, 15) is 14.3 Å². The average Bonchev–Trinajstić information content (AvgIpc) is 3.32. The number of carboxylic acids is 1. The number of pyridine rings is 1. The molecule has 1 N–H and O–H groups in total. The van der Waals surface area contributed by atoms with Crippen LogP contribution in [0.25, 0.3) is 33.2 Å². The van der Waals surface area contributed by atoms with Crippen LogP contribution in [0.15, 0.2) is 45.4 Å². The first kappa shape index (κ1) is 22.5. The van der Waals surface area contributed by atoms with Gasteiger partial charge in [0.05, 0.1) is 43.3 Å². The maximum atomic E-state index is 13.6. The Hall–Kier alpha value is -3.69. The van der Waals surface area contributed by atoms with Crippen molar-refractivity contribution in [2.75, 3.05) is 0 Å². The maximum Gasteiger partial charge on any atom is 0.341 e. The quantitative estimate of drug-likeness (QED) is 0.342. The summed E-state index contributed by atoms with van der Waals surface area (Å²) in [4.78, 5) is 15.0. The first-order chi connectivity index (χ1) is 15.7. The number of hydrogen-bond acceptors (Lipinski definition) is 7. The molecule has 0 bridgehead atoms. The van der Waals surface area contributed by atoms with E-state index in [0.29, 0.717) is 32.6 Å². The fraction of sp³-hybridized carbons (Fsp3) is 0.0909. The summed E-state index contributed by atoms with van der Waals surface area (Å²) < 4.78 is 23.6. The van der Waals surface area contributed by atoms with Crippen molar-refractivity contribution >= 4 is 51.0 Å². The van der Waals surface area contributed by atoms with Crippen molar-refractivity contribution in [1.82, 2.24) is 15.3 Å². The number of rotatable bonds is 2. The highest BCUT2D eigenvalue weighted by Crippen LogP contribution is 2.35. The second-order valence-corrected chi connectivity index (χ2v) is 7.71. The van der Waals surface area contributed by atoms with Gasteiger partial charge in [-0.05, 0) is 38.1 Å². The van der Waals surface area contributed by atoms with Crippen molar-refractivity contribution in [2.45, 2.75) is 13.8 Å². The molecular formula is C22H13Cl2FN3O5-. The molecule has 0 unspecified atom stereocenters. The number of benzene rings is 2. The highest BCUT2D eigenvalue weighted by atomic mass is 35.5. The second kappa shape index (κ2) is 8.68. The molecule has 8 nitrogen and oxygen atoms in total. The molecule has 0 spiro atoms. The Morgan fingerprint density at radius 1 is 1.00 bits per heavy atom. The molecule has 0 atom stereocenters. The molecule has 0 aliphatic carbocycles. The van der Waals surface area contributed by atoms with Crippen LogP contribution in [0.2, 0.25) is 10.0 Å². The predicted octanol–water partition coefficient (Wildman–Crippen LogP) is 5.55.